The summed E-state index contributed by atoms with van der Waals surface area (Å²) in [5, 5.41) is 20.5. The summed E-state index contributed by atoms with van der Waals surface area (Å²) in [5.74, 6) is 0.835. The van der Waals surface area contributed by atoms with E-state index in [1.165, 1.54) is 36.7 Å². The van der Waals surface area contributed by atoms with Gasteiger partial charge in [-0.15, -0.1) is 0 Å². The second-order valence-electron chi connectivity index (χ2n) is 12.6. The SMILES string of the molecule is CC.CC1(C)CCCN1.CCC(Nc1cccc(SCO)n1)c1cc(C(C)(C)C)ccn1.Cc1cccc2cc(NC=O)c(Cl)nc12. The molecule has 1 fully saturated rings. The molecule has 5 rings (SSSR count). The summed E-state index contributed by atoms with van der Waals surface area (Å²) in [5.41, 5.74) is 5.31. The van der Waals surface area contributed by atoms with Crippen LogP contribution in [0.4, 0.5) is 11.5 Å². The summed E-state index contributed by atoms with van der Waals surface area (Å²) >= 11 is 7.24. The number of thioether (sulfide) groups is 1. The fourth-order valence-corrected chi connectivity index (χ4v) is 5.51. The van der Waals surface area contributed by atoms with Crippen LogP contribution >= 0.6 is 23.4 Å². The van der Waals surface area contributed by atoms with E-state index >= 15 is 0 Å². The average Bonchev–Trinajstić information content (AvgIpc) is 3.46. The number of benzene rings is 1. The molecule has 4 heterocycles. The van der Waals surface area contributed by atoms with Gasteiger partial charge in [0.15, 0.2) is 5.15 Å². The van der Waals surface area contributed by atoms with Gasteiger partial charge in [-0.1, -0.05) is 89.2 Å². The summed E-state index contributed by atoms with van der Waals surface area (Å²) in [4.78, 5) is 23.6. The van der Waals surface area contributed by atoms with E-state index in [2.05, 4.69) is 84.6 Å². The number of aliphatic hydroxyl groups excluding tert-OH is 1. The molecule has 0 radical (unpaired) electrons. The number of aromatic nitrogens is 3. The first kappa shape index (κ1) is 39.9. The number of carbonyl (C=O) groups excluding carboxylic acids is 1. The van der Waals surface area contributed by atoms with Crippen molar-refractivity contribution in [2.24, 2.45) is 0 Å². The molecule has 3 aromatic heterocycles. The van der Waals surface area contributed by atoms with Gasteiger partial charge in [-0.2, -0.15) is 0 Å². The standard InChI is InChI=1S/C18H25N3OS.C11H9ClN2O.C6H13N.C2H6/c1-5-14(15-11-13(9-10-19-15)18(2,3)4)20-16-7-6-8-17(21-16)23-12-22;1-7-3-2-4-8-5-9(13-6-15)11(12)14-10(7)8;1-6(2)4-3-5-7-6;1-2/h6-11,14,22H,5,12H2,1-4H3,(H,20,21);2-6H,1H3,(H,13,15);7H,3-5H2,1-2H3;1-2H3. The summed E-state index contributed by atoms with van der Waals surface area (Å²) in [6.45, 7) is 20.4. The Morgan fingerprint density at radius 1 is 1.11 bits per heavy atom. The van der Waals surface area contributed by atoms with Crippen molar-refractivity contribution < 1.29 is 9.90 Å². The third kappa shape index (κ3) is 13.1. The number of nitrogens with zero attached hydrogens (tertiary/aromatic N) is 3. The Balaban J connectivity index is 0.000000272. The molecule has 4 N–H and O–H groups in total. The highest BCUT2D eigenvalue weighted by Crippen LogP contribution is 2.28. The molecule has 1 amide bonds. The fraction of sp³-hybridized carbons (Fsp3) is 0.459. The zero-order valence-electron chi connectivity index (χ0n) is 29.4. The Hall–Kier alpha value is -3.24. The molecule has 0 bridgehead atoms. The summed E-state index contributed by atoms with van der Waals surface area (Å²) in [6, 6.07) is 17.8. The number of anilines is 2. The molecule has 1 saturated heterocycles. The molecule has 256 valence electrons. The van der Waals surface area contributed by atoms with E-state index in [9.17, 15) is 4.79 Å². The number of halogens is 1. The zero-order valence-corrected chi connectivity index (χ0v) is 31.0. The van der Waals surface area contributed by atoms with Crippen LogP contribution in [0.5, 0.6) is 0 Å². The van der Waals surface area contributed by atoms with Crippen LogP contribution in [0, 0.1) is 6.92 Å². The summed E-state index contributed by atoms with van der Waals surface area (Å²) < 4.78 is 0. The number of hydrogen-bond donors (Lipinski definition) is 4. The van der Waals surface area contributed by atoms with Crippen molar-refractivity contribution in [2.75, 3.05) is 23.1 Å². The molecular weight excluding hydrogens is 628 g/mol. The van der Waals surface area contributed by atoms with Crippen molar-refractivity contribution in [3.05, 3.63) is 82.8 Å². The number of pyridine rings is 3. The van der Waals surface area contributed by atoms with Gasteiger partial charge in [0.2, 0.25) is 6.41 Å². The molecular formula is C37H53ClN6O2S. The van der Waals surface area contributed by atoms with Crippen molar-refractivity contribution in [1.82, 2.24) is 20.3 Å². The molecule has 0 saturated carbocycles. The molecule has 10 heteroatoms. The normalized spacial score (nSPS) is 13.9. The number of rotatable bonds is 8. The lowest BCUT2D eigenvalue weighted by Gasteiger charge is -2.22. The van der Waals surface area contributed by atoms with E-state index < -0.39 is 0 Å². The molecule has 4 aromatic rings. The number of fused-ring (bicyclic) bond motifs is 1. The zero-order chi connectivity index (χ0) is 35.0. The van der Waals surface area contributed by atoms with E-state index in [1.54, 1.807) is 0 Å². The highest BCUT2D eigenvalue weighted by molar-refractivity contribution is 7.99. The number of aliphatic hydroxyl groups is 1. The maximum absolute atomic E-state index is 10.3. The predicted octanol–water partition coefficient (Wildman–Crippen LogP) is 9.32. The molecule has 0 aliphatic carbocycles. The molecule has 0 spiro atoms. The Kier molecular flexibility index (Phi) is 16.6. The van der Waals surface area contributed by atoms with Crippen LogP contribution in [-0.4, -0.2) is 44.5 Å². The first-order valence-electron chi connectivity index (χ1n) is 16.3. The van der Waals surface area contributed by atoms with Crippen LogP contribution in [0.2, 0.25) is 5.15 Å². The molecule has 8 nitrogen and oxygen atoms in total. The van der Waals surface area contributed by atoms with Gasteiger partial charge in [0.1, 0.15) is 10.8 Å². The van der Waals surface area contributed by atoms with Crippen LogP contribution in [0.15, 0.2) is 65.8 Å². The maximum atomic E-state index is 10.3. The third-order valence-corrected chi connectivity index (χ3v) is 8.41. The Bertz CT molecular complexity index is 1540. The molecule has 1 aromatic carbocycles. The first-order chi connectivity index (χ1) is 22.4. The smallest absolute Gasteiger partial charge is 0.211 e. The van der Waals surface area contributed by atoms with E-state index in [0.717, 1.165) is 39.4 Å². The van der Waals surface area contributed by atoms with Crippen LogP contribution in [0.1, 0.15) is 97.5 Å². The largest absolute Gasteiger partial charge is 0.385 e. The molecule has 1 atom stereocenters. The lowest BCUT2D eigenvalue weighted by molar-refractivity contribution is -0.105. The van der Waals surface area contributed by atoms with E-state index in [4.69, 9.17) is 16.7 Å². The summed E-state index contributed by atoms with van der Waals surface area (Å²) in [7, 11) is 0. The summed E-state index contributed by atoms with van der Waals surface area (Å²) in [6.07, 6.45) is 6.08. The Morgan fingerprint density at radius 3 is 2.40 bits per heavy atom. The van der Waals surface area contributed by atoms with Gasteiger partial charge in [-0.05, 0) is 93.5 Å². The Morgan fingerprint density at radius 2 is 1.83 bits per heavy atom. The fourth-order valence-electron chi connectivity index (χ4n) is 4.85. The minimum atomic E-state index is 0.0306. The third-order valence-electron chi connectivity index (χ3n) is 7.47. The van der Waals surface area contributed by atoms with Gasteiger partial charge >= 0.3 is 0 Å². The van der Waals surface area contributed by atoms with Gasteiger partial charge in [0.25, 0.3) is 0 Å². The number of aryl methyl sites for hydroxylation is 1. The van der Waals surface area contributed by atoms with Crippen molar-refractivity contribution in [3.8, 4) is 0 Å². The number of nitrogens with one attached hydrogen (secondary N) is 3. The number of hydrogen-bond acceptors (Lipinski definition) is 8. The van der Waals surface area contributed by atoms with Crippen molar-refractivity contribution in [3.63, 3.8) is 0 Å². The first-order valence-corrected chi connectivity index (χ1v) is 17.7. The van der Waals surface area contributed by atoms with E-state index in [-0.39, 0.29) is 17.4 Å². The van der Waals surface area contributed by atoms with Gasteiger partial charge in [0, 0.05) is 17.1 Å². The van der Waals surface area contributed by atoms with Gasteiger partial charge in [-0.25, -0.2) is 9.97 Å². The van der Waals surface area contributed by atoms with Crippen LogP contribution in [0.3, 0.4) is 0 Å². The Labute approximate surface area is 290 Å². The van der Waals surface area contributed by atoms with E-state index in [0.29, 0.717) is 22.8 Å². The quantitative estimate of drug-likeness (QED) is 0.0631. The molecule has 47 heavy (non-hydrogen) atoms. The van der Waals surface area contributed by atoms with Crippen LogP contribution in [0.25, 0.3) is 10.9 Å². The van der Waals surface area contributed by atoms with Gasteiger partial charge < -0.3 is 21.1 Å². The highest BCUT2D eigenvalue weighted by atomic mass is 35.5. The number of carbonyl (C=O) groups is 1. The highest BCUT2D eigenvalue weighted by Gasteiger charge is 2.21. The second-order valence-corrected chi connectivity index (χ2v) is 13.9. The van der Waals surface area contributed by atoms with Crippen molar-refractivity contribution in [1.29, 1.82) is 0 Å². The molecule has 1 aliphatic rings. The maximum Gasteiger partial charge on any atom is 0.211 e. The van der Waals surface area contributed by atoms with Gasteiger partial charge in [0.05, 0.1) is 28.9 Å². The average molecular weight is 681 g/mol. The monoisotopic (exact) mass is 680 g/mol. The minimum absolute atomic E-state index is 0.0306. The van der Waals surface area contributed by atoms with Crippen molar-refractivity contribution >= 4 is 52.2 Å². The van der Waals surface area contributed by atoms with E-state index in [1.807, 2.05) is 69.4 Å². The lowest BCUT2D eigenvalue weighted by Crippen LogP contribution is -2.31. The lowest BCUT2D eigenvalue weighted by atomic mass is 9.87. The molecule has 1 unspecified atom stereocenters. The number of amides is 1. The van der Waals surface area contributed by atoms with Crippen molar-refractivity contribution in [2.45, 2.75) is 104 Å². The van der Waals surface area contributed by atoms with Crippen LogP contribution < -0.4 is 16.0 Å². The second kappa shape index (κ2) is 19.5. The minimum Gasteiger partial charge on any atom is -0.385 e. The van der Waals surface area contributed by atoms with Crippen LogP contribution in [-0.2, 0) is 10.2 Å². The number of para-hydroxylation sites is 1. The predicted molar refractivity (Wildman–Crippen MR) is 201 cm³/mol. The van der Waals surface area contributed by atoms with Gasteiger partial charge in [-0.3, -0.25) is 9.78 Å². The molecule has 1 aliphatic heterocycles. The topological polar surface area (TPSA) is 112 Å².